The number of carbonyl (C=O) groups excluding carboxylic acids is 1. The molecule has 5 heteroatoms. The summed E-state index contributed by atoms with van der Waals surface area (Å²) in [6.07, 6.45) is 4.72. The summed E-state index contributed by atoms with van der Waals surface area (Å²) in [5.41, 5.74) is 6.07. The smallest absolute Gasteiger partial charge is 0.273 e. The van der Waals surface area contributed by atoms with Gasteiger partial charge in [0.1, 0.15) is 10.7 Å². The Morgan fingerprint density at radius 3 is 3.00 bits per heavy atom. The van der Waals surface area contributed by atoms with Crippen LogP contribution in [-0.2, 0) is 6.54 Å². The van der Waals surface area contributed by atoms with Gasteiger partial charge >= 0.3 is 0 Å². The summed E-state index contributed by atoms with van der Waals surface area (Å²) < 4.78 is 0. The number of aromatic nitrogens is 1. The van der Waals surface area contributed by atoms with E-state index in [0.29, 0.717) is 24.2 Å². The van der Waals surface area contributed by atoms with Crippen molar-refractivity contribution in [3.8, 4) is 0 Å². The summed E-state index contributed by atoms with van der Waals surface area (Å²) in [5, 5.41) is 2.64. The van der Waals surface area contributed by atoms with Crippen LogP contribution >= 0.6 is 11.3 Å². The fourth-order valence-electron chi connectivity index (χ4n) is 2.60. The first-order valence-corrected chi connectivity index (χ1v) is 7.41. The number of hydrogen-bond acceptors (Lipinski definition) is 4. The number of hydrogen-bond donors (Lipinski definition) is 1. The van der Waals surface area contributed by atoms with Crippen molar-refractivity contribution in [2.75, 3.05) is 7.05 Å². The van der Waals surface area contributed by atoms with Gasteiger partial charge in [-0.3, -0.25) is 4.79 Å². The van der Waals surface area contributed by atoms with Crippen LogP contribution in [0.4, 0.5) is 0 Å². The number of thiazole rings is 1. The Morgan fingerprint density at radius 2 is 2.39 bits per heavy atom. The van der Waals surface area contributed by atoms with Gasteiger partial charge in [0.25, 0.3) is 5.91 Å². The van der Waals surface area contributed by atoms with Crippen LogP contribution in [0.5, 0.6) is 0 Å². The zero-order chi connectivity index (χ0) is 13.1. The van der Waals surface area contributed by atoms with Crippen molar-refractivity contribution in [2.45, 2.75) is 45.2 Å². The minimum atomic E-state index is 0.0325. The third-order valence-electron chi connectivity index (χ3n) is 3.72. The highest BCUT2D eigenvalue weighted by molar-refractivity contribution is 7.09. The highest BCUT2D eigenvalue weighted by Crippen LogP contribution is 2.27. The van der Waals surface area contributed by atoms with Crippen molar-refractivity contribution >= 4 is 17.2 Å². The minimum absolute atomic E-state index is 0.0325. The lowest BCUT2D eigenvalue weighted by molar-refractivity contribution is 0.0667. The molecule has 1 saturated carbocycles. The van der Waals surface area contributed by atoms with E-state index >= 15 is 0 Å². The molecule has 2 unspecified atom stereocenters. The Balaban J connectivity index is 2.03. The molecule has 100 valence electrons. The van der Waals surface area contributed by atoms with Crippen LogP contribution < -0.4 is 5.73 Å². The fraction of sp³-hybridized carbons (Fsp3) is 0.692. The van der Waals surface area contributed by atoms with Crippen LogP contribution in [0.3, 0.4) is 0 Å². The number of rotatable bonds is 3. The quantitative estimate of drug-likeness (QED) is 0.913. The molecule has 0 bridgehead atoms. The molecule has 1 fully saturated rings. The van der Waals surface area contributed by atoms with Gasteiger partial charge in [0.2, 0.25) is 0 Å². The Hall–Kier alpha value is -0.940. The lowest BCUT2D eigenvalue weighted by atomic mass is 9.86. The average Bonchev–Trinajstić information content (AvgIpc) is 2.85. The lowest BCUT2D eigenvalue weighted by Crippen LogP contribution is -2.40. The predicted molar refractivity (Wildman–Crippen MR) is 73.5 cm³/mol. The largest absolute Gasteiger partial charge is 0.337 e. The number of amides is 1. The number of nitrogens with zero attached hydrogens (tertiary/aromatic N) is 2. The summed E-state index contributed by atoms with van der Waals surface area (Å²) in [4.78, 5) is 18.4. The molecule has 1 heterocycles. The topological polar surface area (TPSA) is 59.2 Å². The number of nitrogens with two attached hydrogens (primary N) is 1. The van der Waals surface area contributed by atoms with Gasteiger partial charge in [0.05, 0.1) is 0 Å². The number of carbonyl (C=O) groups is 1. The van der Waals surface area contributed by atoms with Gasteiger partial charge in [-0.05, 0) is 18.8 Å². The van der Waals surface area contributed by atoms with E-state index in [1.54, 1.807) is 0 Å². The molecule has 1 aromatic heterocycles. The summed E-state index contributed by atoms with van der Waals surface area (Å²) in [6, 6.07) is 0.365. The molecule has 18 heavy (non-hydrogen) atoms. The molecular formula is C13H21N3OS. The molecule has 2 atom stereocenters. The zero-order valence-electron chi connectivity index (χ0n) is 11.1. The van der Waals surface area contributed by atoms with E-state index in [2.05, 4.69) is 11.9 Å². The standard InChI is InChI=1S/C13H21N3OS/c1-9-4-3-5-10(6-9)16(2)13(17)11-8-18-12(7-14)15-11/h8-10H,3-7,14H2,1-2H3. The highest BCUT2D eigenvalue weighted by Gasteiger charge is 2.26. The van der Waals surface area contributed by atoms with Gasteiger partial charge in [0, 0.05) is 25.0 Å². The molecule has 0 spiro atoms. The van der Waals surface area contributed by atoms with Gasteiger partial charge in [-0.15, -0.1) is 11.3 Å². The second kappa shape index (κ2) is 5.80. The second-order valence-corrected chi connectivity index (χ2v) is 6.11. The van der Waals surface area contributed by atoms with Gasteiger partial charge < -0.3 is 10.6 Å². The Morgan fingerprint density at radius 1 is 1.61 bits per heavy atom. The Kier molecular flexibility index (Phi) is 4.35. The van der Waals surface area contributed by atoms with E-state index in [1.165, 1.54) is 24.2 Å². The second-order valence-electron chi connectivity index (χ2n) is 5.17. The van der Waals surface area contributed by atoms with E-state index in [0.717, 1.165) is 17.8 Å². The first kappa shape index (κ1) is 13.5. The van der Waals surface area contributed by atoms with Crippen molar-refractivity contribution < 1.29 is 4.79 Å². The van der Waals surface area contributed by atoms with E-state index in [4.69, 9.17) is 5.73 Å². The summed E-state index contributed by atoms with van der Waals surface area (Å²) in [7, 11) is 1.90. The molecule has 0 saturated heterocycles. The van der Waals surface area contributed by atoms with Crippen LogP contribution in [0.1, 0.15) is 48.1 Å². The summed E-state index contributed by atoms with van der Waals surface area (Å²) in [5.74, 6) is 0.749. The molecular weight excluding hydrogens is 246 g/mol. The molecule has 1 aromatic rings. The molecule has 1 amide bonds. The van der Waals surface area contributed by atoms with Gasteiger partial charge in [-0.2, -0.15) is 0 Å². The van der Waals surface area contributed by atoms with Crippen LogP contribution in [0.25, 0.3) is 0 Å². The van der Waals surface area contributed by atoms with E-state index in [9.17, 15) is 4.79 Å². The molecule has 2 rings (SSSR count). The van der Waals surface area contributed by atoms with Crippen LogP contribution in [0.15, 0.2) is 5.38 Å². The van der Waals surface area contributed by atoms with Crippen molar-refractivity contribution in [3.63, 3.8) is 0 Å². The summed E-state index contributed by atoms with van der Waals surface area (Å²) in [6.45, 7) is 2.67. The van der Waals surface area contributed by atoms with Gasteiger partial charge in [-0.25, -0.2) is 4.98 Å². The predicted octanol–water partition coefficient (Wildman–Crippen LogP) is 2.25. The van der Waals surface area contributed by atoms with Gasteiger partial charge in [-0.1, -0.05) is 19.8 Å². The van der Waals surface area contributed by atoms with Crippen LogP contribution in [0, 0.1) is 5.92 Å². The minimum Gasteiger partial charge on any atom is -0.337 e. The monoisotopic (exact) mass is 267 g/mol. The normalized spacial score (nSPS) is 23.9. The van der Waals surface area contributed by atoms with Gasteiger partial charge in [0.15, 0.2) is 0 Å². The first-order chi connectivity index (χ1) is 8.61. The van der Waals surface area contributed by atoms with Crippen LogP contribution in [0.2, 0.25) is 0 Å². The Labute approximate surface area is 112 Å². The first-order valence-electron chi connectivity index (χ1n) is 6.53. The SMILES string of the molecule is CC1CCCC(N(C)C(=O)c2csc(CN)n2)C1. The maximum absolute atomic E-state index is 12.3. The third kappa shape index (κ3) is 2.90. The molecule has 0 radical (unpaired) electrons. The lowest BCUT2D eigenvalue weighted by Gasteiger charge is -2.33. The van der Waals surface area contributed by atoms with Crippen molar-refractivity contribution in [1.29, 1.82) is 0 Å². The van der Waals surface area contributed by atoms with Crippen molar-refractivity contribution in [3.05, 3.63) is 16.1 Å². The zero-order valence-corrected chi connectivity index (χ0v) is 11.9. The maximum atomic E-state index is 12.3. The maximum Gasteiger partial charge on any atom is 0.273 e. The van der Waals surface area contributed by atoms with Crippen molar-refractivity contribution in [1.82, 2.24) is 9.88 Å². The van der Waals surface area contributed by atoms with Crippen molar-refractivity contribution in [2.24, 2.45) is 11.7 Å². The van der Waals surface area contributed by atoms with E-state index < -0.39 is 0 Å². The average molecular weight is 267 g/mol. The van der Waals surface area contributed by atoms with E-state index in [1.807, 2.05) is 17.3 Å². The molecule has 0 aliphatic heterocycles. The Bertz CT molecular complexity index is 418. The summed E-state index contributed by atoms with van der Waals surface area (Å²) >= 11 is 1.46. The highest BCUT2D eigenvalue weighted by atomic mass is 32.1. The van der Waals surface area contributed by atoms with E-state index in [-0.39, 0.29) is 5.91 Å². The molecule has 2 N–H and O–H groups in total. The third-order valence-corrected chi connectivity index (χ3v) is 4.59. The van der Waals surface area contributed by atoms with Crippen LogP contribution in [-0.4, -0.2) is 28.9 Å². The fourth-order valence-corrected chi connectivity index (χ4v) is 3.25. The molecule has 0 aromatic carbocycles. The molecule has 1 aliphatic carbocycles. The molecule has 1 aliphatic rings. The molecule has 4 nitrogen and oxygen atoms in total.